The van der Waals surface area contributed by atoms with Crippen molar-refractivity contribution in [3.05, 3.63) is 94.0 Å². The number of benzene rings is 2. The van der Waals surface area contributed by atoms with Gasteiger partial charge in [0.15, 0.2) is 0 Å². The van der Waals surface area contributed by atoms with Crippen molar-refractivity contribution in [2.75, 3.05) is 0 Å². The van der Waals surface area contributed by atoms with E-state index in [9.17, 15) is 0 Å². The predicted octanol–water partition coefficient (Wildman–Crippen LogP) is 12.4. The molecule has 40 heavy (non-hydrogen) atoms. The van der Waals surface area contributed by atoms with Crippen LogP contribution in [0.2, 0.25) is 0 Å². The van der Waals surface area contributed by atoms with Gasteiger partial charge in [-0.1, -0.05) is 0 Å². The Kier molecular flexibility index (Phi) is 5.65. The third kappa shape index (κ3) is 3.63. The molecule has 0 radical (unpaired) electrons. The first kappa shape index (κ1) is 24.5. The third-order valence-electron chi connectivity index (χ3n) is 8.46. The lowest BCUT2D eigenvalue weighted by Gasteiger charge is -2.15. The van der Waals surface area contributed by atoms with Gasteiger partial charge in [-0.2, -0.15) is 23.5 Å². The van der Waals surface area contributed by atoms with E-state index < -0.39 is 0 Å². The van der Waals surface area contributed by atoms with Crippen molar-refractivity contribution in [1.29, 1.82) is 0 Å². The molecule has 0 fully saturated rings. The maximum absolute atomic E-state index is 2.47. The minimum absolute atomic E-state index is 1.11. The SMILES string of the molecule is Cc1cc2c(c3c1CSC3)-c1ccc(s1)-c1ccc(s1)-c1cc(C)c3c(c1-c1ccc(s1)-c1ccc-2s1)CSC3. The van der Waals surface area contributed by atoms with Gasteiger partial charge >= 0.3 is 0 Å². The molecule has 0 spiro atoms. The highest BCUT2D eigenvalue weighted by Gasteiger charge is 2.27. The Morgan fingerprint density at radius 2 is 0.725 bits per heavy atom. The lowest BCUT2D eigenvalue weighted by atomic mass is 9.92. The number of thioether (sulfide) groups is 2. The first-order chi connectivity index (χ1) is 19.6. The summed E-state index contributed by atoms with van der Waals surface area (Å²) in [4.78, 5) is 11.1. The van der Waals surface area contributed by atoms with Crippen LogP contribution < -0.4 is 0 Å². The van der Waals surface area contributed by atoms with E-state index in [1.807, 2.05) is 45.3 Å². The minimum atomic E-state index is 1.11. The Labute approximate surface area is 259 Å². The van der Waals surface area contributed by atoms with Crippen LogP contribution in [-0.4, -0.2) is 0 Å². The zero-order valence-electron chi connectivity index (χ0n) is 22.1. The smallest absolute Gasteiger partial charge is 0.0449 e. The Hall–Kier alpha value is -2.06. The van der Waals surface area contributed by atoms with Crippen molar-refractivity contribution < 1.29 is 0 Å². The molecule has 6 aromatic rings. The zero-order chi connectivity index (χ0) is 26.5. The van der Waals surface area contributed by atoms with E-state index in [-0.39, 0.29) is 0 Å². The molecule has 9 rings (SSSR count). The van der Waals surface area contributed by atoms with Crippen molar-refractivity contribution in [3.63, 3.8) is 0 Å². The molecular formula is C34H24S6. The van der Waals surface area contributed by atoms with Crippen molar-refractivity contribution in [1.82, 2.24) is 0 Å². The second kappa shape index (κ2) is 9.22. The molecule has 0 N–H and O–H groups in total. The van der Waals surface area contributed by atoms with Crippen LogP contribution in [0.4, 0.5) is 0 Å². The summed E-state index contributed by atoms with van der Waals surface area (Å²) in [6.07, 6.45) is 0. The van der Waals surface area contributed by atoms with Gasteiger partial charge in [0.05, 0.1) is 0 Å². The van der Waals surface area contributed by atoms with Crippen LogP contribution in [0.25, 0.3) is 61.3 Å². The Balaban J connectivity index is 1.34. The van der Waals surface area contributed by atoms with E-state index >= 15 is 0 Å². The van der Waals surface area contributed by atoms with E-state index in [0.717, 1.165) is 23.0 Å². The van der Waals surface area contributed by atoms with Gasteiger partial charge in [-0.05, 0) is 108 Å². The highest BCUT2D eigenvalue weighted by Crippen LogP contribution is 2.53. The molecule has 8 bridgehead atoms. The topological polar surface area (TPSA) is 0 Å². The summed E-state index contributed by atoms with van der Waals surface area (Å²) in [7, 11) is 0. The van der Waals surface area contributed by atoms with Crippen LogP contribution in [0, 0.1) is 13.8 Å². The van der Waals surface area contributed by atoms with Gasteiger partial charge in [0.2, 0.25) is 0 Å². The molecular weight excluding hydrogens is 601 g/mol. The highest BCUT2D eigenvalue weighted by molar-refractivity contribution is 7.98. The molecule has 0 aliphatic carbocycles. The standard InChI is InChI=1S/C34H24S6/c1-17-11-19-25-3-5-27(37-25)29-8-10-32(40-29)34-20(12-18(2)22-14-36-16-24(22)34)26-4-6-28(38-26)30-7-9-31(39-30)33(19)23-15-35-13-21(17)23/h3-12H,13-16H2,1-2H3. The zero-order valence-corrected chi connectivity index (χ0v) is 27.0. The summed E-state index contributed by atoms with van der Waals surface area (Å²) < 4.78 is 0. The number of rotatable bonds is 0. The van der Waals surface area contributed by atoms with Crippen LogP contribution in [0.15, 0.2) is 60.7 Å². The predicted molar refractivity (Wildman–Crippen MR) is 184 cm³/mol. The molecule has 196 valence electrons. The van der Waals surface area contributed by atoms with Crippen molar-refractivity contribution in [2.45, 2.75) is 36.9 Å². The van der Waals surface area contributed by atoms with Crippen LogP contribution in [0.3, 0.4) is 0 Å². The van der Waals surface area contributed by atoms with Crippen LogP contribution in [0.1, 0.15) is 33.4 Å². The lowest BCUT2D eigenvalue weighted by Crippen LogP contribution is -1.94. The van der Waals surface area contributed by atoms with Crippen molar-refractivity contribution >= 4 is 68.9 Å². The van der Waals surface area contributed by atoms with Gasteiger partial charge in [-0.3, -0.25) is 0 Å². The molecule has 0 amide bonds. The summed E-state index contributed by atoms with van der Waals surface area (Å²) in [5, 5.41) is 0. The fraction of sp³-hybridized carbons (Fsp3) is 0.176. The number of thiophene rings is 4. The number of hydrogen-bond donors (Lipinski definition) is 0. The lowest BCUT2D eigenvalue weighted by molar-refractivity contribution is 1.28. The largest absolute Gasteiger partial charge is 0.152 e. The van der Waals surface area contributed by atoms with Crippen molar-refractivity contribution in [3.8, 4) is 61.3 Å². The maximum Gasteiger partial charge on any atom is 0.0449 e. The summed E-state index contributed by atoms with van der Waals surface area (Å²) in [6.45, 7) is 4.62. The molecule has 7 heterocycles. The molecule has 0 saturated carbocycles. The summed E-state index contributed by atoms with van der Waals surface area (Å²) in [6, 6.07) is 23.9. The Morgan fingerprint density at radius 3 is 1.15 bits per heavy atom. The second-order valence-corrected chi connectivity index (χ2v) is 17.1. The number of aryl methyl sites for hydroxylation is 2. The van der Waals surface area contributed by atoms with Gasteiger partial charge in [-0.15, -0.1) is 45.3 Å². The van der Waals surface area contributed by atoms with Crippen LogP contribution in [0.5, 0.6) is 0 Å². The molecule has 3 aliphatic heterocycles. The molecule has 6 heteroatoms. The van der Waals surface area contributed by atoms with E-state index in [4.69, 9.17) is 0 Å². The van der Waals surface area contributed by atoms with Gasteiger partial charge < -0.3 is 0 Å². The highest BCUT2D eigenvalue weighted by atomic mass is 32.2. The van der Waals surface area contributed by atoms with Crippen molar-refractivity contribution in [2.24, 2.45) is 0 Å². The van der Waals surface area contributed by atoms with E-state index in [2.05, 4.69) is 98.0 Å². The van der Waals surface area contributed by atoms with Gasteiger partial charge in [0.1, 0.15) is 0 Å². The summed E-state index contributed by atoms with van der Waals surface area (Å²) in [5.74, 6) is 4.49. The average molecular weight is 625 g/mol. The fourth-order valence-electron chi connectivity index (χ4n) is 6.48. The average Bonchev–Trinajstić information content (AvgIpc) is 3.79. The third-order valence-corrected chi connectivity index (χ3v) is 15.3. The fourth-order valence-corrected chi connectivity index (χ4v) is 13.4. The number of fused-ring (bicyclic) bond motifs is 20. The molecule has 0 atom stereocenters. The van der Waals surface area contributed by atoms with E-state index in [0.29, 0.717) is 0 Å². The van der Waals surface area contributed by atoms with E-state index in [1.54, 1.807) is 22.3 Å². The normalized spacial score (nSPS) is 14.7. The van der Waals surface area contributed by atoms with Crippen LogP contribution >= 0.6 is 68.9 Å². The van der Waals surface area contributed by atoms with Gasteiger partial charge in [0, 0.05) is 84.3 Å². The quantitative estimate of drug-likeness (QED) is 0.165. The second-order valence-electron chi connectivity index (χ2n) is 10.8. The maximum atomic E-state index is 2.47. The van der Waals surface area contributed by atoms with E-state index in [1.165, 1.54) is 72.4 Å². The van der Waals surface area contributed by atoms with Crippen LogP contribution in [-0.2, 0) is 23.0 Å². The summed E-state index contributed by atoms with van der Waals surface area (Å²) in [5.41, 5.74) is 14.9. The molecule has 0 unspecified atom stereocenters. The molecule has 2 aromatic carbocycles. The minimum Gasteiger partial charge on any atom is -0.152 e. The first-order valence-electron chi connectivity index (χ1n) is 13.5. The molecule has 4 aromatic heterocycles. The Morgan fingerprint density at radius 1 is 0.400 bits per heavy atom. The first-order valence-corrected chi connectivity index (χ1v) is 19.1. The summed E-state index contributed by atoms with van der Waals surface area (Å²) >= 11 is 12.0. The monoisotopic (exact) mass is 624 g/mol. The molecule has 0 nitrogen and oxygen atoms in total. The Bertz CT molecular complexity index is 1850. The molecule has 3 aliphatic rings. The van der Waals surface area contributed by atoms with Gasteiger partial charge in [0.25, 0.3) is 0 Å². The van der Waals surface area contributed by atoms with Gasteiger partial charge in [-0.25, -0.2) is 0 Å². The number of hydrogen-bond acceptors (Lipinski definition) is 6. The molecule has 0 saturated heterocycles.